The van der Waals surface area contributed by atoms with Gasteiger partial charge in [-0.3, -0.25) is 4.79 Å². The van der Waals surface area contributed by atoms with Crippen LogP contribution >= 0.6 is 0 Å². The first-order valence-electron chi connectivity index (χ1n) is 6.08. The minimum atomic E-state index is 0.00241. The highest BCUT2D eigenvalue weighted by Crippen LogP contribution is 2.19. The van der Waals surface area contributed by atoms with Gasteiger partial charge in [-0.1, -0.05) is 24.3 Å². The van der Waals surface area contributed by atoms with Gasteiger partial charge in [-0.25, -0.2) is 0 Å². The molecule has 3 nitrogen and oxygen atoms in total. The van der Waals surface area contributed by atoms with Crippen LogP contribution in [0.15, 0.2) is 48.5 Å². The Bertz CT molecular complexity index is 591. The maximum absolute atomic E-state index is 12.4. The highest BCUT2D eigenvalue weighted by atomic mass is 16.5. The summed E-state index contributed by atoms with van der Waals surface area (Å²) in [6.07, 6.45) is 0. The Balaban J connectivity index is 2.35. The van der Waals surface area contributed by atoms with Crippen LogP contribution in [0.25, 0.3) is 0 Å². The Morgan fingerprint density at radius 3 is 2.26 bits per heavy atom. The second kappa shape index (κ2) is 5.57. The number of ketones is 1. The molecule has 0 aliphatic carbocycles. The van der Waals surface area contributed by atoms with Crippen molar-refractivity contribution < 1.29 is 9.53 Å². The fourth-order valence-electron chi connectivity index (χ4n) is 1.86. The number of ether oxygens (including phenoxy) is 1. The first-order chi connectivity index (χ1) is 9.11. The molecule has 0 saturated heterocycles. The van der Waals surface area contributed by atoms with Crippen molar-refractivity contribution in [1.82, 2.24) is 0 Å². The van der Waals surface area contributed by atoms with Crippen molar-refractivity contribution in [2.45, 2.75) is 0 Å². The Hall–Kier alpha value is -2.29. The molecule has 19 heavy (non-hydrogen) atoms. The minimum absolute atomic E-state index is 0.00241. The molecule has 0 saturated carbocycles. The van der Waals surface area contributed by atoms with Gasteiger partial charge in [0.05, 0.1) is 7.11 Å². The lowest BCUT2D eigenvalue weighted by molar-refractivity contribution is 0.103. The second-order valence-electron chi connectivity index (χ2n) is 4.51. The lowest BCUT2D eigenvalue weighted by Crippen LogP contribution is -2.10. The van der Waals surface area contributed by atoms with E-state index in [4.69, 9.17) is 4.74 Å². The molecule has 0 aromatic heterocycles. The van der Waals surface area contributed by atoms with Crippen LogP contribution < -0.4 is 9.64 Å². The molecule has 0 bridgehead atoms. The molecule has 0 unspecified atom stereocenters. The maximum atomic E-state index is 12.4. The summed E-state index contributed by atoms with van der Waals surface area (Å²) in [6, 6.07) is 14.8. The number of rotatable bonds is 4. The Kier molecular flexibility index (Phi) is 3.85. The molecule has 2 aromatic carbocycles. The van der Waals surface area contributed by atoms with Crippen LogP contribution in [0.5, 0.6) is 5.75 Å². The maximum Gasteiger partial charge on any atom is 0.193 e. The molecular formula is C16H17NO2. The van der Waals surface area contributed by atoms with E-state index in [0.717, 1.165) is 5.69 Å². The van der Waals surface area contributed by atoms with Crippen LogP contribution in [0.2, 0.25) is 0 Å². The minimum Gasteiger partial charge on any atom is -0.497 e. The van der Waals surface area contributed by atoms with Crippen LogP contribution in [0.3, 0.4) is 0 Å². The quantitative estimate of drug-likeness (QED) is 0.787. The molecule has 3 heteroatoms. The number of hydrogen-bond acceptors (Lipinski definition) is 3. The molecule has 0 heterocycles. The predicted octanol–water partition coefficient (Wildman–Crippen LogP) is 2.99. The first kappa shape index (κ1) is 13.1. The van der Waals surface area contributed by atoms with E-state index >= 15 is 0 Å². The van der Waals surface area contributed by atoms with Gasteiger partial charge >= 0.3 is 0 Å². The summed E-state index contributed by atoms with van der Waals surface area (Å²) >= 11 is 0. The standard InChI is InChI=1S/C16H17NO2/c1-17(2)14-8-4-6-12(10-14)16(18)13-7-5-9-15(11-13)19-3/h4-11H,1-3H3. The lowest BCUT2D eigenvalue weighted by Gasteiger charge is -2.13. The third-order valence-electron chi connectivity index (χ3n) is 2.96. The summed E-state index contributed by atoms with van der Waals surface area (Å²) in [6.45, 7) is 0. The van der Waals surface area contributed by atoms with Gasteiger partial charge < -0.3 is 9.64 Å². The number of anilines is 1. The lowest BCUT2D eigenvalue weighted by atomic mass is 10.0. The van der Waals surface area contributed by atoms with Crippen molar-refractivity contribution in [3.63, 3.8) is 0 Å². The molecule has 0 aliphatic heterocycles. The average molecular weight is 255 g/mol. The number of carbonyl (C=O) groups is 1. The van der Waals surface area contributed by atoms with Crippen molar-refractivity contribution >= 4 is 11.5 Å². The third-order valence-corrected chi connectivity index (χ3v) is 2.96. The van der Waals surface area contributed by atoms with Gasteiger partial charge in [-0.15, -0.1) is 0 Å². The number of benzene rings is 2. The summed E-state index contributed by atoms with van der Waals surface area (Å²) in [5.41, 5.74) is 2.32. The van der Waals surface area contributed by atoms with E-state index in [1.165, 1.54) is 0 Å². The Morgan fingerprint density at radius 1 is 1.00 bits per heavy atom. The SMILES string of the molecule is COc1cccc(C(=O)c2cccc(N(C)C)c2)c1. The molecule has 0 N–H and O–H groups in total. The van der Waals surface area contributed by atoms with Crippen molar-refractivity contribution in [2.75, 3.05) is 26.1 Å². The fraction of sp³-hybridized carbons (Fsp3) is 0.188. The highest BCUT2D eigenvalue weighted by Gasteiger charge is 2.10. The summed E-state index contributed by atoms with van der Waals surface area (Å²) in [7, 11) is 5.50. The van der Waals surface area contributed by atoms with Gasteiger partial charge in [0.25, 0.3) is 0 Å². The molecular weight excluding hydrogens is 238 g/mol. The van der Waals surface area contributed by atoms with Crippen LogP contribution in [0.4, 0.5) is 5.69 Å². The highest BCUT2D eigenvalue weighted by molar-refractivity contribution is 6.09. The molecule has 0 spiro atoms. The number of methoxy groups -OCH3 is 1. The molecule has 0 aliphatic rings. The van der Waals surface area contributed by atoms with Crippen molar-refractivity contribution in [1.29, 1.82) is 0 Å². The third kappa shape index (κ3) is 2.94. The fourth-order valence-corrected chi connectivity index (χ4v) is 1.86. The Labute approximate surface area is 113 Å². The normalized spacial score (nSPS) is 10.1. The van der Waals surface area contributed by atoms with E-state index in [1.54, 1.807) is 19.2 Å². The first-order valence-corrected chi connectivity index (χ1v) is 6.08. The van der Waals surface area contributed by atoms with Crippen molar-refractivity contribution in [2.24, 2.45) is 0 Å². The molecule has 0 amide bonds. The van der Waals surface area contributed by atoms with Gasteiger partial charge in [0, 0.05) is 30.9 Å². The number of carbonyl (C=O) groups excluding carboxylic acids is 1. The van der Waals surface area contributed by atoms with Crippen LogP contribution in [-0.4, -0.2) is 27.0 Å². The summed E-state index contributed by atoms with van der Waals surface area (Å²) in [5, 5.41) is 0. The second-order valence-corrected chi connectivity index (χ2v) is 4.51. The van der Waals surface area contributed by atoms with Crippen LogP contribution in [0.1, 0.15) is 15.9 Å². The smallest absolute Gasteiger partial charge is 0.193 e. The summed E-state index contributed by atoms with van der Waals surface area (Å²) < 4.78 is 5.14. The van der Waals surface area contributed by atoms with E-state index < -0.39 is 0 Å². The summed E-state index contributed by atoms with van der Waals surface area (Å²) in [4.78, 5) is 14.4. The van der Waals surface area contributed by atoms with E-state index in [1.807, 2.05) is 55.4 Å². The molecule has 0 fully saturated rings. The van der Waals surface area contributed by atoms with Crippen molar-refractivity contribution in [3.8, 4) is 5.75 Å². The van der Waals surface area contributed by atoms with Gasteiger partial charge in [0.1, 0.15) is 5.75 Å². The zero-order valence-corrected chi connectivity index (χ0v) is 11.4. The van der Waals surface area contributed by atoms with E-state index in [2.05, 4.69) is 0 Å². The monoisotopic (exact) mass is 255 g/mol. The summed E-state index contributed by atoms with van der Waals surface area (Å²) in [5.74, 6) is 0.692. The van der Waals surface area contributed by atoms with Crippen molar-refractivity contribution in [3.05, 3.63) is 59.7 Å². The van der Waals surface area contributed by atoms with E-state index in [0.29, 0.717) is 16.9 Å². The Morgan fingerprint density at radius 2 is 1.63 bits per heavy atom. The zero-order chi connectivity index (χ0) is 13.8. The number of nitrogens with zero attached hydrogens (tertiary/aromatic N) is 1. The van der Waals surface area contributed by atoms with E-state index in [9.17, 15) is 4.79 Å². The van der Waals surface area contributed by atoms with Crippen LogP contribution in [-0.2, 0) is 0 Å². The zero-order valence-electron chi connectivity index (χ0n) is 11.4. The molecule has 0 atom stereocenters. The molecule has 2 rings (SSSR count). The largest absolute Gasteiger partial charge is 0.497 e. The molecule has 98 valence electrons. The number of hydrogen-bond donors (Lipinski definition) is 0. The molecule has 2 aromatic rings. The van der Waals surface area contributed by atoms with Gasteiger partial charge in [-0.2, -0.15) is 0 Å². The van der Waals surface area contributed by atoms with Gasteiger partial charge in [0.15, 0.2) is 5.78 Å². The van der Waals surface area contributed by atoms with Crippen LogP contribution in [0, 0.1) is 0 Å². The topological polar surface area (TPSA) is 29.5 Å². The molecule has 0 radical (unpaired) electrons. The van der Waals surface area contributed by atoms with Gasteiger partial charge in [-0.05, 0) is 24.3 Å². The van der Waals surface area contributed by atoms with E-state index in [-0.39, 0.29) is 5.78 Å². The predicted molar refractivity (Wildman–Crippen MR) is 77.2 cm³/mol. The van der Waals surface area contributed by atoms with Gasteiger partial charge in [0.2, 0.25) is 0 Å². The average Bonchev–Trinajstić information content (AvgIpc) is 2.46.